The lowest BCUT2D eigenvalue weighted by Gasteiger charge is -2.46. The van der Waals surface area contributed by atoms with Crippen LogP contribution in [0, 0.1) is 0 Å². The van der Waals surface area contributed by atoms with E-state index in [-0.39, 0.29) is 0 Å². The van der Waals surface area contributed by atoms with E-state index in [4.69, 9.17) is 4.74 Å². The molecule has 1 aliphatic rings. The van der Waals surface area contributed by atoms with Crippen LogP contribution in [0.3, 0.4) is 0 Å². The van der Waals surface area contributed by atoms with Crippen molar-refractivity contribution >= 4 is 10.8 Å². The Balaban J connectivity index is 1.51. The standard InChI is InChI=1S/C17H21NO2/c1-2-17(19)12-18(13-17)9-10-20-16-8-7-14-5-3-4-6-15(14)11-16/h3-8,11,19H,2,9-10,12-13H2,1H3. The van der Waals surface area contributed by atoms with Crippen LogP contribution in [0.5, 0.6) is 5.75 Å². The van der Waals surface area contributed by atoms with E-state index in [0.29, 0.717) is 6.61 Å². The maximum absolute atomic E-state index is 9.94. The van der Waals surface area contributed by atoms with Crippen molar-refractivity contribution in [1.29, 1.82) is 0 Å². The zero-order valence-corrected chi connectivity index (χ0v) is 11.9. The summed E-state index contributed by atoms with van der Waals surface area (Å²) in [5.41, 5.74) is -0.455. The summed E-state index contributed by atoms with van der Waals surface area (Å²) < 4.78 is 5.80. The number of nitrogens with zero attached hydrogens (tertiary/aromatic N) is 1. The Morgan fingerprint density at radius 3 is 2.65 bits per heavy atom. The summed E-state index contributed by atoms with van der Waals surface area (Å²) in [7, 11) is 0. The molecule has 3 rings (SSSR count). The molecule has 1 heterocycles. The van der Waals surface area contributed by atoms with Gasteiger partial charge in [-0.05, 0) is 29.3 Å². The Hall–Kier alpha value is -1.58. The van der Waals surface area contributed by atoms with Crippen molar-refractivity contribution < 1.29 is 9.84 Å². The van der Waals surface area contributed by atoms with Crippen LogP contribution in [0.1, 0.15) is 13.3 Å². The molecule has 3 nitrogen and oxygen atoms in total. The quantitative estimate of drug-likeness (QED) is 0.907. The van der Waals surface area contributed by atoms with Crippen LogP contribution in [0.25, 0.3) is 10.8 Å². The van der Waals surface area contributed by atoms with Crippen molar-refractivity contribution in [3.05, 3.63) is 42.5 Å². The molecule has 1 aliphatic heterocycles. The molecule has 1 fully saturated rings. The maximum atomic E-state index is 9.94. The second kappa shape index (κ2) is 5.43. The lowest BCUT2D eigenvalue weighted by molar-refractivity contribution is -0.102. The number of hydrogen-bond donors (Lipinski definition) is 1. The van der Waals surface area contributed by atoms with Crippen LogP contribution in [0.15, 0.2) is 42.5 Å². The molecular formula is C17H21NO2. The SMILES string of the molecule is CCC1(O)CN(CCOc2ccc3ccccc3c2)C1. The van der Waals surface area contributed by atoms with Crippen molar-refractivity contribution in [3.63, 3.8) is 0 Å². The Morgan fingerprint density at radius 1 is 1.15 bits per heavy atom. The van der Waals surface area contributed by atoms with E-state index in [1.165, 1.54) is 10.8 Å². The van der Waals surface area contributed by atoms with Crippen LogP contribution in [0.2, 0.25) is 0 Å². The molecule has 20 heavy (non-hydrogen) atoms. The summed E-state index contributed by atoms with van der Waals surface area (Å²) in [4.78, 5) is 2.23. The Labute approximate surface area is 119 Å². The summed E-state index contributed by atoms with van der Waals surface area (Å²) in [6, 6.07) is 14.5. The third-order valence-corrected chi connectivity index (χ3v) is 4.09. The molecule has 0 spiro atoms. The monoisotopic (exact) mass is 271 g/mol. The van der Waals surface area contributed by atoms with Gasteiger partial charge in [-0.15, -0.1) is 0 Å². The van der Waals surface area contributed by atoms with Gasteiger partial charge in [0.25, 0.3) is 0 Å². The lowest BCUT2D eigenvalue weighted by Crippen LogP contribution is -2.61. The average molecular weight is 271 g/mol. The number of benzene rings is 2. The highest BCUT2D eigenvalue weighted by Gasteiger charge is 2.38. The molecular weight excluding hydrogens is 250 g/mol. The molecule has 2 aromatic carbocycles. The highest BCUT2D eigenvalue weighted by molar-refractivity contribution is 5.83. The Bertz CT molecular complexity index is 590. The fourth-order valence-electron chi connectivity index (χ4n) is 2.72. The van der Waals surface area contributed by atoms with Gasteiger partial charge in [0.15, 0.2) is 0 Å². The summed E-state index contributed by atoms with van der Waals surface area (Å²) >= 11 is 0. The molecule has 0 aliphatic carbocycles. The molecule has 0 saturated carbocycles. The highest BCUT2D eigenvalue weighted by Crippen LogP contribution is 2.24. The van der Waals surface area contributed by atoms with E-state index < -0.39 is 5.60 Å². The van der Waals surface area contributed by atoms with Crippen LogP contribution in [-0.4, -0.2) is 41.8 Å². The molecule has 0 amide bonds. The number of ether oxygens (including phenoxy) is 1. The Morgan fingerprint density at radius 2 is 1.90 bits per heavy atom. The minimum atomic E-state index is -0.455. The van der Waals surface area contributed by atoms with Gasteiger partial charge in [-0.3, -0.25) is 4.90 Å². The molecule has 0 bridgehead atoms. The summed E-state index contributed by atoms with van der Waals surface area (Å²) in [6.45, 7) is 5.10. The molecule has 0 radical (unpaired) electrons. The second-order valence-corrected chi connectivity index (χ2v) is 5.65. The third kappa shape index (κ3) is 2.79. The molecule has 0 aromatic heterocycles. The van der Waals surface area contributed by atoms with Gasteiger partial charge in [0, 0.05) is 19.6 Å². The van der Waals surface area contributed by atoms with Crippen molar-refractivity contribution in [3.8, 4) is 5.75 Å². The van der Waals surface area contributed by atoms with Gasteiger partial charge in [0.1, 0.15) is 12.4 Å². The van der Waals surface area contributed by atoms with Crippen molar-refractivity contribution in [2.24, 2.45) is 0 Å². The second-order valence-electron chi connectivity index (χ2n) is 5.65. The molecule has 3 heteroatoms. The number of rotatable bonds is 5. The van der Waals surface area contributed by atoms with Gasteiger partial charge in [-0.25, -0.2) is 0 Å². The van der Waals surface area contributed by atoms with E-state index in [1.807, 2.05) is 25.1 Å². The lowest BCUT2D eigenvalue weighted by atomic mass is 9.91. The van der Waals surface area contributed by atoms with Crippen molar-refractivity contribution in [1.82, 2.24) is 4.90 Å². The molecule has 0 unspecified atom stereocenters. The predicted molar refractivity (Wildman–Crippen MR) is 81.1 cm³/mol. The zero-order chi connectivity index (χ0) is 14.0. The third-order valence-electron chi connectivity index (χ3n) is 4.09. The molecule has 106 valence electrons. The minimum Gasteiger partial charge on any atom is -0.492 e. The average Bonchev–Trinajstić information content (AvgIpc) is 2.45. The van der Waals surface area contributed by atoms with Crippen molar-refractivity contribution in [2.75, 3.05) is 26.2 Å². The van der Waals surface area contributed by atoms with Gasteiger partial charge in [-0.2, -0.15) is 0 Å². The summed E-state index contributed by atoms with van der Waals surface area (Å²) in [6.07, 6.45) is 0.828. The van der Waals surface area contributed by atoms with Crippen LogP contribution >= 0.6 is 0 Å². The number of β-amino-alcohol motifs (C(OH)–C–C–N with tert-alkyl or cyclic N) is 1. The maximum Gasteiger partial charge on any atom is 0.120 e. The number of likely N-dealkylation sites (tertiary alicyclic amines) is 1. The van der Waals surface area contributed by atoms with E-state index in [1.54, 1.807) is 0 Å². The van der Waals surface area contributed by atoms with E-state index >= 15 is 0 Å². The molecule has 1 N–H and O–H groups in total. The van der Waals surface area contributed by atoms with Crippen LogP contribution < -0.4 is 4.74 Å². The molecule has 2 aromatic rings. The molecule has 1 saturated heterocycles. The summed E-state index contributed by atoms with van der Waals surface area (Å²) in [5, 5.41) is 12.4. The Kier molecular flexibility index (Phi) is 3.64. The fraction of sp³-hybridized carbons (Fsp3) is 0.412. The van der Waals surface area contributed by atoms with Gasteiger partial charge in [-0.1, -0.05) is 37.3 Å². The largest absolute Gasteiger partial charge is 0.492 e. The van der Waals surface area contributed by atoms with E-state index in [9.17, 15) is 5.11 Å². The van der Waals surface area contributed by atoms with Crippen LogP contribution in [0.4, 0.5) is 0 Å². The zero-order valence-electron chi connectivity index (χ0n) is 11.9. The fourth-order valence-corrected chi connectivity index (χ4v) is 2.72. The predicted octanol–water partition coefficient (Wildman–Crippen LogP) is 2.68. The number of fused-ring (bicyclic) bond motifs is 1. The first-order valence-corrected chi connectivity index (χ1v) is 7.25. The first-order chi connectivity index (χ1) is 9.68. The van der Waals surface area contributed by atoms with Gasteiger partial charge < -0.3 is 9.84 Å². The first kappa shape index (κ1) is 13.4. The minimum absolute atomic E-state index is 0.455. The van der Waals surface area contributed by atoms with Gasteiger partial charge in [0.05, 0.1) is 5.60 Å². The first-order valence-electron chi connectivity index (χ1n) is 7.25. The van der Waals surface area contributed by atoms with Gasteiger partial charge >= 0.3 is 0 Å². The van der Waals surface area contributed by atoms with E-state index in [0.717, 1.165) is 31.8 Å². The van der Waals surface area contributed by atoms with Crippen LogP contribution in [-0.2, 0) is 0 Å². The van der Waals surface area contributed by atoms with E-state index in [2.05, 4.69) is 29.2 Å². The topological polar surface area (TPSA) is 32.7 Å². The summed E-state index contributed by atoms with van der Waals surface area (Å²) in [5.74, 6) is 0.912. The normalized spacial score (nSPS) is 17.9. The molecule has 0 atom stereocenters. The van der Waals surface area contributed by atoms with Crippen molar-refractivity contribution in [2.45, 2.75) is 18.9 Å². The smallest absolute Gasteiger partial charge is 0.120 e. The number of aliphatic hydroxyl groups is 1. The number of hydrogen-bond acceptors (Lipinski definition) is 3. The highest BCUT2D eigenvalue weighted by atomic mass is 16.5. The van der Waals surface area contributed by atoms with Gasteiger partial charge in [0.2, 0.25) is 0 Å².